The molecule has 0 atom stereocenters. The Morgan fingerprint density at radius 3 is 2.65 bits per heavy atom. The minimum absolute atomic E-state index is 0.361. The minimum Gasteiger partial charge on any atom is -0.445 e. The smallest absolute Gasteiger partial charge is 0.411 e. The fraction of sp³-hybridized carbons (Fsp3) is 0.400. The SMILES string of the molecule is C[N+]1(C)CC=C(COC(=O)Nc2ccc(Cl)cc2)CC1. The van der Waals surface area contributed by atoms with Gasteiger partial charge in [-0.05, 0) is 35.9 Å². The van der Waals surface area contributed by atoms with Crippen molar-refractivity contribution < 1.29 is 14.0 Å². The van der Waals surface area contributed by atoms with Gasteiger partial charge in [0, 0.05) is 17.1 Å². The molecule has 4 nitrogen and oxygen atoms in total. The van der Waals surface area contributed by atoms with Crippen LogP contribution >= 0.6 is 11.6 Å². The Balaban J connectivity index is 1.78. The van der Waals surface area contributed by atoms with Gasteiger partial charge >= 0.3 is 6.09 Å². The van der Waals surface area contributed by atoms with E-state index in [9.17, 15) is 4.79 Å². The first-order valence-electron chi connectivity index (χ1n) is 6.64. The van der Waals surface area contributed by atoms with Crippen LogP contribution in [0.25, 0.3) is 0 Å². The normalized spacial score (nSPS) is 17.2. The molecule has 0 bridgehead atoms. The molecule has 1 aliphatic rings. The van der Waals surface area contributed by atoms with Gasteiger partial charge in [-0.15, -0.1) is 0 Å². The van der Waals surface area contributed by atoms with Crippen LogP contribution in [0, 0.1) is 0 Å². The van der Waals surface area contributed by atoms with Gasteiger partial charge in [0.15, 0.2) is 0 Å². The zero-order valence-electron chi connectivity index (χ0n) is 11.9. The van der Waals surface area contributed by atoms with E-state index in [2.05, 4.69) is 25.5 Å². The summed E-state index contributed by atoms with van der Waals surface area (Å²) in [6, 6.07) is 6.93. The van der Waals surface area contributed by atoms with Crippen LogP contribution in [-0.2, 0) is 4.74 Å². The monoisotopic (exact) mass is 295 g/mol. The molecule has 0 fully saturated rings. The van der Waals surface area contributed by atoms with Crippen molar-refractivity contribution in [3.8, 4) is 0 Å². The molecule has 1 aliphatic heterocycles. The summed E-state index contributed by atoms with van der Waals surface area (Å²) in [7, 11) is 4.39. The predicted octanol–water partition coefficient (Wildman–Crippen LogP) is 3.30. The largest absolute Gasteiger partial charge is 0.445 e. The molecular weight excluding hydrogens is 276 g/mol. The number of anilines is 1. The highest BCUT2D eigenvalue weighted by Crippen LogP contribution is 2.16. The van der Waals surface area contributed by atoms with Gasteiger partial charge in [-0.3, -0.25) is 5.32 Å². The number of carbonyl (C=O) groups excluding carboxylic acids is 1. The van der Waals surface area contributed by atoms with E-state index in [1.807, 2.05) is 0 Å². The van der Waals surface area contributed by atoms with Crippen LogP contribution in [0.2, 0.25) is 5.02 Å². The third-order valence-corrected chi connectivity index (χ3v) is 3.64. The van der Waals surface area contributed by atoms with Gasteiger partial charge in [-0.2, -0.15) is 0 Å². The molecule has 20 heavy (non-hydrogen) atoms. The summed E-state index contributed by atoms with van der Waals surface area (Å²) in [5.41, 5.74) is 1.86. The number of nitrogens with one attached hydrogen (secondary N) is 1. The topological polar surface area (TPSA) is 38.3 Å². The van der Waals surface area contributed by atoms with Crippen molar-refractivity contribution >= 4 is 23.4 Å². The van der Waals surface area contributed by atoms with Gasteiger partial charge < -0.3 is 9.22 Å². The number of amides is 1. The molecule has 2 rings (SSSR count). The van der Waals surface area contributed by atoms with E-state index < -0.39 is 6.09 Å². The molecule has 1 aromatic rings. The number of hydrogen-bond acceptors (Lipinski definition) is 2. The van der Waals surface area contributed by atoms with Crippen LogP contribution in [0.1, 0.15) is 6.42 Å². The Labute approximate surface area is 124 Å². The maximum absolute atomic E-state index is 11.7. The Morgan fingerprint density at radius 2 is 2.05 bits per heavy atom. The van der Waals surface area contributed by atoms with E-state index in [1.165, 1.54) is 5.57 Å². The Kier molecular flexibility index (Phi) is 4.68. The van der Waals surface area contributed by atoms with Crippen LogP contribution in [0.15, 0.2) is 35.9 Å². The predicted molar refractivity (Wildman–Crippen MR) is 81.0 cm³/mol. The lowest BCUT2D eigenvalue weighted by atomic mass is 10.1. The number of halogens is 1. The second kappa shape index (κ2) is 6.29. The van der Waals surface area contributed by atoms with E-state index in [0.717, 1.165) is 24.0 Å². The molecule has 0 aliphatic carbocycles. The molecule has 1 amide bonds. The van der Waals surface area contributed by atoms with Crippen LogP contribution in [0.4, 0.5) is 10.5 Å². The number of rotatable bonds is 3. The minimum atomic E-state index is -0.437. The number of hydrogen-bond donors (Lipinski definition) is 1. The lowest BCUT2D eigenvalue weighted by Crippen LogP contribution is -2.43. The third kappa shape index (κ3) is 4.54. The molecule has 0 saturated heterocycles. The summed E-state index contributed by atoms with van der Waals surface area (Å²) in [4.78, 5) is 11.7. The van der Waals surface area contributed by atoms with Crippen LogP contribution in [-0.4, -0.2) is 44.4 Å². The van der Waals surface area contributed by atoms with Crippen molar-refractivity contribution in [3.63, 3.8) is 0 Å². The van der Waals surface area contributed by atoms with E-state index in [1.54, 1.807) is 24.3 Å². The van der Waals surface area contributed by atoms with Crippen molar-refractivity contribution in [1.82, 2.24) is 0 Å². The van der Waals surface area contributed by atoms with Gasteiger partial charge in [-0.25, -0.2) is 4.79 Å². The number of ether oxygens (including phenoxy) is 1. The quantitative estimate of drug-likeness (QED) is 0.686. The second-order valence-electron chi connectivity index (χ2n) is 5.66. The van der Waals surface area contributed by atoms with Crippen LogP contribution in [0.5, 0.6) is 0 Å². The summed E-state index contributed by atoms with van der Waals surface area (Å²) in [5, 5.41) is 3.31. The van der Waals surface area contributed by atoms with E-state index in [0.29, 0.717) is 17.3 Å². The highest BCUT2D eigenvalue weighted by molar-refractivity contribution is 6.30. The molecule has 0 spiro atoms. The average Bonchev–Trinajstić information content (AvgIpc) is 2.40. The molecule has 1 aromatic carbocycles. The molecule has 5 heteroatoms. The van der Waals surface area contributed by atoms with Gasteiger partial charge in [0.05, 0.1) is 27.2 Å². The van der Waals surface area contributed by atoms with E-state index in [-0.39, 0.29) is 0 Å². The van der Waals surface area contributed by atoms with Crippen molar-refractivity contribution in [2.75, 3.05) is 39.1 Å². The Bertz CT molecular complexity index is 509. The highest BCUT2D eigenvalue weighted by atomic mass is 35.5. The zero-order chi connectivity index (χ0) is 14.6. The third-order valence-electron chi connectivity index (χ3n) is 3.39. The van der Waals surface area contributed by atoms with Gasteiger partial charge in [0.25, 0.3) is 0 Å². The highest BCUT2D eigenvalue weighted by Gasteiger charge is 2.20. The lowest BCUT2D eigenvalue weighted by molar-refractivity contribution is -0.886. The second-order valence-corrected chi connectivity index (χ2v) is 6.10. The van der Waals surface area contributed by atoms with E-state index in [4.69, 9.17) is 16.3 Å². The van der Waals surface area contributed by atoms with Crippen molar-refractivity contribution in [2.45, 2.75) is 6.42 Å². The summed E-state index contributed by atoms with van der Waals surface area (Å²) in [5.74, 6) is 0. The summed E-state index contributed by atoms with van der Waals surface area (Å²) < 4.78 is 6.21. The van der Waals surface area contributed by atoms with Crippen molar-refractivity contribution in [3.05, 3.63) is 40.9 Å². The first kappa shape index (κ1) is 14.9. The molecule has 0 unspecified atom stereocenters. The van der Waals surface area contributed by atoms with Crippen molar-refractivity contribution in [1.29, 1.82) is 0 Å². The van der Waals surface area contributed by atoms with E-state index >= 15 is 0 Å². The fourth-order valence-electron chi connectivity index (χ4n) is 1.99. The van der Waals surface area contributed by atoms with Gasteiger partial charge in [0.1, 0.15) is 6.61 Å². The summed E-state index contributed by atoms with van der Waals surface area (Å²) >= 11 is 5.78. The summed E-state index contributed by atoms with van der Waals surface area (Å²) in [6.45, 7) is 2.42. The van der Waals surface area contributed by atoms with Crippen LogP contribution in [0.3, 0.4) is 0 Å². The number of quaternary nitrogens is 1. The lowest BCUT2D eigenvalue weighted by Gasteiger charge is -2.32. The molecule has 0 radical (unpaired) electrons. The van der Waals surface area contributed by atoms with Crippen molar-refractivity contribution in [2.24, 2.45) is 0 Å². The average molecular weight is 296 g/mol. The van der Waals surface area contributed by atoms with Gasteiger partial charge in [0.2, 0.25) is 0 Å². The summed E-state index contributed by atoms with van der Waals surface area (Å²) in [6.07, 6.45) is 2.70. The molecule has 108 valence electrons. The Hall–Kier alpha value is -1.52. The molecule has 1 heterocycles. The number of carbonyl (C=O) groups is 1. The maximum Gasteiger partial charge on any atom is 0.411 e. The fourth-order valence-corrected chi connectivity index (χ4v) is 2.12. The maximum atomic E-state index is 11.7. The number of nitrogens with zero attached hydrogens (tertiary/aromatic N) is 1. The molecular formula is C15H20ClN2O2+. The molecule has 0 aromatic heterocycles. The first-order chi connectivity index (χ1) is 9.44. The van der Waals surface area contributed by atoms with Gasteiger partial charge in [-0.1, -0.05) is 11.6 Å². The Morgan fingerprint density at radius 1 is 1.35 bits per heavy atom. The number of benzene rings is 1. The first-order valence-corrected chi connectivity index (χ1v) is 7.02. The number of likely N-dealkylation sites (N-methyl/N-ethyl adjacent to an activating group) is 1. The molecule has 0 saturated carbocycles. The molecule has 1 N–H and O–H groups in total. The zero-order valence-corrected chi connectivity index (χ0v) is 12.6. The van der Waals surface area contributed by atoms with Crippen LogP contribution < -0.4 is 5.32 Å². The standard InChI is InChI=1S/C15H19ClN2O2/c1-18(2)9-7-12(8-10-18)11-20-15(19)17-14-5-3-13(16)4-6-14/h3-7H,8-11H2,1-2H3/p+1.